The van der Waals surface area contributed by atoms with Gasteiger partial charge in [0.1, 0.15) is 0 Å². The van der Waals surface area contributed by atoms with E-state index in [1.165, 1.54) is 19.3 Å². The molecule has 1 radical (unpaired) electrons. The van der Waals surface area contributed by atoms with Gasteiger partial charge in [-0.3, -0.25) is 0 Å². The van der Waals surface area contributed by atoms with E-state index >= 15 is 0 Å². The molecular formula is C7H16N. The third-order valence-electron chi connectivity index (χ3n) is 0.816. The lowest BCUT2D eigenvalue weighted by atomic mass is 10.0. The van der Waals surface area contributed by atoms with Gasteiger partial charge in [-0.2, -0.15) is 0 Å². The maximum Gasteiger partial charge on any atom is -0.0140 e. The lowest BCUT2D eigenvalue weighted by Gasteiger charge is -2.05. The largest absolute Gasteiger partial charge is 0.312 e. The molecule has 1 aliphatic rings. The summed E-state index contributed by atoms with van der Waals surface area (Å²) in [7, 11) is 6.00. The molecule has 1 aliphatic carbocycles. The highest BCUT2D eigenvalue weighted by Crippen LogP contribution is 2.13. The minimum atomic E-state index is 1.38. The second-order valence-corrected chi connectivity index (χ2v) is 2.56. The summed E-state index contributed by atoms with van der Waals surface area (Å²) < 4.78 is 0. The van der Waals surface area contributed by atoms with Crippen molar-refractivity contribution in [3.05, 3.63) is 6.42 Å². The van der Waals surface area contributed by atoms with Crippen molar-refractivity contribution in [3.8, 4) is 0 Å². The second-order valence-electron chi connectivity index (χ2n) is 2.56. The second kappa shape index (κ2) is 5.10. The van der Waals surface area contributed by atoms with Crippen LogP contribution in [0.5, 0.6) is 0 Å². The number of nitrogens with zero attached hydrogens (tertiary/aromatic N) is 1. The molecule has 0 saturated heterocycles. The predicted molar refractivity (Wildman–Crippen MR) is 37.8 cm³/mol. The van der Waals surface area contributed by atoms with E-state index in [0.29, 0.717) is 0 Å². The van der Waals surface area contributed by atoms with E-state index in [2.05, 4.69) is 6.42 Å². The Kier molecular flexibility index (Phi) is 5.08. The first kappa shape index (κ1) is 7.96. The Balaban J connectivity index is 0.000000122. The van der Waals surface area contributed by atoms with Crippen LogP contribution in [0.3, 0.4) is 0 Å². The Morgan fingerprint density at radius 3 is 1.25 bits per heavy atom. The lowest BCUT2D eigenvalue weighted by Crippen LogP contribution is -1.99. The summed E-state index contributed by atoms with van der Waals surface area (Å²) in [6.45, 7) is 0. The summed E-state index contributed by atoms with van der Waals surface area (Å²) in [5.74, 6) is 0. The van der Waals surface area contributed by atoms with Gasteiger partial charge < -0.3 is 4.90 Å². The van der Waals surface area contributed by atoms with Gasteiger partial charge in [-0.05, 0) is 27.6 Å². The third kappa shape index (κ3) is 9.35. The van der Waals surface area contributed by atoms with Crippen LogP contribution in [0.4, 0.5) is 0 Å². The van der Waals surface area contributed by atoms with Gasteiger partial charge in [0.05, 0.1) is 0 Å². The molecule has 1 heteroatoms. The van der Waals surface area contributed by atoms with Crippen LogP contribution in [0.2, 0.25) is 0 Å². The molecule has 0 bridgehead atoms. The molecule has 0 atom stereocenters. The topological polar surface area (TPSA) is 3.24 Å². The number of hydrogen-bond donors (Lipinski definition) is 0. The quantitative estimate of drug-likeness (QED) is 0.462. The molecule has 0 N–H and O–H groups in total. The Bertz CT molecular complexity index is 30.9. The Morgan fingerprint density at radius 1 is 1.12 bits per heavy atom. The molecule has 0 heterocycles. The fourth-order valence-electron chi connectivity index (χ4n) is 0.204. The molecule has 0 aromatic carbocycles. The number of hydrogen-bond acceptors (Lipinski definition) is 1. The fourth-order valence-corrected chi connectivity index (χ4v) is 0.204. The summed E-state index contributed by atoms with van der Waals surface area (Å²) in [5.41, 5.74) is 0. The van der Waals surface area contributed by atoms with Gasteiger partial charge >= 0.3 is 0 Å². The summed E-state index contributed by atoms with van der Waals surface area (Å²) in [5, 5.41) is 0. The third-order valence-corrected chi connectivity index (χ3v) is 0.816. The van der Waals surface area contributed by atoms with Crippen LogP contribution >= 0.6 is 0 Å². The minimum absolute atomic E-state index is 1.38. The highest BCUT2D eigenvalue weighted by Gasteiger charge is 1.95. The van der Waals surface area contributed by atoms with Crippen LogP contribution in [0.1, 0.15) is 19.3 Å². The van der Waals surface area contributed by atoms with Gasteiger partial charge in [-0.25, -0.2) is 0 Å². The molecule has 0 amide bonds. The van der Waals surface area contributed by atoms with Crippen molar-refractivity contribution in [1.29, 1.82) is 0 Å². The fraction of sp³-hybridized carbons (Fsp3) is 0.857. The SMILES string of the molecule is CN(C)C.[CH]1CCC1. The first-order chi connectivity index (χ1) is 3.73. The zero-order valence-electron chi connectivity index (χ0n) is 6.15. The van der Waals surface area contributed by atoms with E-state index in [1.54, 1.807) is 0 Å². The van der Waals surface area contributed by atoms with E-state index in [9.17, 15) is 0 Å². The summed E-state index contributed by atoms with van der Waals surface area (Å²) in [6.07, 6.45) is 6.50. The van der Waals surface area contributed by atoms with Gasteiger partial charge in [-0.15, -0.1) is 0 Å². The van der Waals surface area contributed by atoms with E-state index in [0.717, 1.165) is 0 Å². The Labute approximate surface area is 52.7 Å². The summed E-state index contributed by atoms with van der Waals surface area (Å²) in [4.78, 5) is 2.00. The van der Waals surface area contributed by atoms with Gasteiger partial charge in [-0.1, -0.05) is 19.3 Å². The van der Waals surface area contributed by atoms with Crippen LogP contribution in [-0.2, 0) is 0 Å². The molecule has 1 fully saturated rings. The molecule has 0 spiro atoms. The maximum atomic E-state index is 2.31. The average molecular weight is 114 g/mol. The minimum Gasteiger partial charge on any atom is -0.312 e. The molecule has 0 aromatic rings. The summed E-state index contributed by atoms with van der Waals surface area (Å²) in [6, 6.07) is 0. The summed E-state index contributed by atoms with van der Waals surface area (Å²) >= 11 is 0. The lowest BCUT2D eigenvalue weighted by molar-refractivity contribution is 0.505. The number of rotatable bonds is 0. The normalized spacial score (nSPS) is 16.5. The zero-order valence-corrected chi connectivity index (χ0v) is 6.15. The molecule has 1 nitrogen and oxygen atoms in total. The average Bonchev–Trinajstić information content (AvgIpc) is 1.19. The van der Waals surface area contributed by atoms with E-state index in [4.69, 9.17) is 0 Å². The van der Waals surface area contributed by atoms with E-state index in [1.807, 2.05) is 26.0 Å². The van der Waals surface area contributed by atoms with Gasteiger partial charge in [0.25, 0.3) is 0 Å². The van der Waals surface area contributed by atoms with Crippen molar-refractivity contribution in [2.45, 2.75) is 19.3 Å². The van der Waals surface area contributed by atoms with Gasteiger partial charge in [0.2, 0.25) is 0 Å². The van der Waals surface area contributed by atoms with Crippen LogP contribution in [0.15, 0.2) is 0 Å². The maximum absolute atomic E-state index is 2.31. The smallest absolute Gasteiger partial charge is 0.0140 e. The van der Waals surface area contributed by atoms with Crippen molar-refractivity contribution >= 4 is 0 Å². The van der Waals surface area contributed by atoms with Crippen LogP contribution < -0.4 is 0 Å². The van der Waals surface area contributed by atoms with Crippen molar-refractivity contribution < 1.29 is 0 Å². The first-order valence-corrected chi connectivity index (χ1v) is 3.16. The van der Waals surface area contributed by atoms with E-state index in [-0.39, 0.29) is 0 Å². The monoisotopic (exact) mass is 114 g/mol. The zero-order chi connectivity index (χ0) is 6.41. The van der Waals surface area contributed by atoms with Crippen LogP contribution in [0, 0.1) is 6.42 Å². The Hall–Kier alpha value is -0.0400. The van der Waals surface area contributed by atoms with Crippen LogP contribution in [0.25, 0.3) is 0 Å². The molecule has 0 aliphatic heterocycles. The van der Waals surface area contributed by atoms with Crippen molar-refractivity contribution in [3.63, 3.8) is 0 Å². The van der Waals surface area contributed by atoms with Crippen molar-refractivity contribution in [1.82, 2.24) is 4.90 Å². The van der Waals surface area contributed by atoms with Crippen LogP contribution in [-0.4, -0.2) is 26.0 Å². The molecule has 1 saturated carbocycles. The molecule has 0 aromatic heterocycles. The molecular weight excluding hydrogens is 98.1 g/mol. The van der Waals surface area contributed by atoms with Crippen molar-refractivity contribution in [2.24, 2.45) is 0 Å². The molecule has 8 heavy (non-hydrogen) atoms. The molecule has 49 valence electrons. The predicted octanol–water partition coefficient (Wildman–Crippen LogP) is 1.55. The first-order valence-electron chi connectivity index (χ1n) is 3.16. The highest BCUT2D eigenvalue weighted by atomic mass is 15.0. The molecule has 0 unspecified atom stereocenters. The standard InChI is InChI=1S/C4H7.C3H9N/c1-2-4-3-1;1-4(2)3/h1H,2-4H2;1-3H3. The molecule has 1 rings (SSSR count). The van der Waals surface area contributed by atoms with Crippen molar-refractivity contribution in [2.75, 3.05) is 21.1 Å². The highest BCUT2D eigenvalue weighted by molar-refractivity contribution is 4.74. The van der Waals surface area contributed by atoms with Gasteiger partial charge in [0, 0.05) is 0 Å². The Morgan fingerprint density at radius 2 is 1.25 bits per heavy atom. The van der Waals surface area contributed by atoms with E-state index < -0.39 is 0 Å². The van der Waals surface area contributed by atoms with Gasteiger partial charge in [0.15, 0.2) is 0 Å².